The van der Waals surface area contributed by atoms with E-state index in [0.717, 1.165) is 23.2 Å². The number of carbonyl (C=O) groups excluding carboxylic acids is 2. The number of primary amides is 1. The van der Waals surface area contributed by atoms with Crippen molar-refractivity contribution in [2.24, 2.45) is 11.7 Å². The van der Waals surface area contributed by atoms with E-state index in [9.17, 15) is 9.59 Å². The second-order valence-corrected chi connectivity index (χ2v) is 6.13. The van der Waals surface area contributed by atoms with Gasteiger partial charge in [0.15, 0.2) is 0 Å². The van der Waals surface area contributed by atoms with E-state index < -0.39 is 11.9 Å². The lowest BCUT2D eigenvalue weighted by Crippen LogP contribution is -2.33. The molecule has 0 aliphatic carbocycles. The van der Waals surface area contributed by atoms with Crippen LogP contribution in [0.25, 0.3) is 0 Å². The monoisotopic (exact) mass is 339 g/mol. The highest BCUT2D eigenvalue weighted by Crippen LogP contribution is 2.16. The summed E-state index contributed by atoms with van der Waals surface area (Å²) in [6.07, 6.45) is 0.796. The lowest BCUT2D eigenvalue weighted by atomic mass is 10.1. The van der Waals surface area contributed by atoms with Crippen LogP contribution in [0.2, 0.25) is 0 Å². The molecule has 25 heavy (non-hydrogen) atoms. The Balaban J connectivity index is 2.03. The third-order valence-corrected chi connectivity index (χ3v) is 4.18. The Morgan fingerprint density at radius 3 is 2.44 bits per heavy atom. The van der Waals surface area contributed by atoms with Gasteiger partial charge in [-0.2, -0.15) is 0 Å². The minimum Gasteiger partial charge on any atom is -0.368 e. The summed E-state index contributed by atoms with van der Waals surface area (Å²) in [4.78, 5) is 23.8. The second kappa shape index (κ2) is 8.99. The van der Waals surface area contributed by atoms with Crippen LogP contribution in [0.3, 0.4) is 0 Å². The largest absolute Gasteiger partial charge is 0.368 e. The fraction of sp³-hybridized carbons (Fsp3) is 0.300. The number of anilines is 1. The van der Waals surface area contributed by atoms with Crippen molar-refractivity contribution in [1.82, 2.24) is 5.32 Å². The summed E-state index contributed by atoms with van der Waals surface area (Å²) >= 11 is 0. The summed E-state index contributed by atoms with van der Waals surface area (Å²) in [5.41, 5.74) is 8.06. The van der Waals surface area contributed by atoms with Gasteiger partial charge in [0.1, 0.15) is 6.04 Å². The minimum atomic E-state index is -0.556. The number of nitrogens with one attached hydrogen (secondary N) is 2. The highest BCUT2D eigenvalue weighted by atomic mass is 16.2. The first-order valence-corrected chi connectivity index (χ1v) is 8.48. The van der Waals surface area contributed by atoms with Gasteiger partial charge in [0, 0.05) is 18.2 Å². The Morgan fingerprint density at radius 2 is 1.80 bits per heavy atom. The third kappa shape index (κ3) is 5.43. The fourth-order valence-electron chi connectivity index (χ4n) is 2.46. The molecule has 0 spiro atoms. The van der Waals surface area contributed by atoms with E-state index in [4.69, 9.17) is 5.73 Å². The number of hydrogen-bond acceptors (Lipinski definition) is 3. The minimum absolute atomic E-state index is 0.00640. The van der Waals surface area contributed by atoms with Crippen molar-refractivity contribution >= 4 is 17.5 Å². The van der Waals surface area contributed by atoms with Crippen LogP contribution in [-0.2, 0) is 16.1 Å². The van der Waals surface area contributed by atoms with Crippen LogP contribution >= 0.6 is 0 Å². The number of nitrogens with two attached hydrogens (primary N) is 1. The van der Waals surface area contributed by atoms with Crippen LogP contribution in [0.1, 0.15) is 37.4 Å². The molecule has 0 aliphatic rings. The molecular weight excluding hydrogens is 314 g/mol. The molecule has 4 N–H and O–H groups in total. The number of benzene rings is 2. The van der Waals surface area contributed by atoms with Crippen LogP contribution < -0.4 is 16.4 Å². The van der Waals surface area contributed by atoms with Crippen molar-refractivity contribution in [2.45, 2.75) is 32.9 Å². The lowest BCUT2D eigenvalue weighted by Gasteiger charge is -2.16. The molecule has 5 nitrogen and oxygen atoms in total. The Bertz CT molecular complexity index is 716. The molecule has 0 saturated heterocycles. The van der Waals surface area contributed by atoms with Crippen LogP contribution in [0.15, 0.2) is 54.6 Å². The molecule has 0 bridgehead atoms. The first-order valence-electron chi connectivity index (χ1n) is 8.48. The average molecular weight is 339 g/mol. The normalized spacial score (nSPS) is 13.0. The van der Waals surface area contributed by atoms with Crippen molar-refractivity contribution in [3.8, 4) is 0 Å². The van der Waals surface area contributed by atoms with E-state index >= 15 is 0 Å². The van der Waals surface area contributed by atoms with E-state index in [1.165, 1.54) is 0 Å². The molecule has 2 aromatic carbocycles. The summed E-state index contributed by atoms with van der Waals surface area (Å²) in [6, 6.07) is 16.4. The van der Waals surface area contributed by atoms with Gasteiger partial charge in [0.25, 0.3) is 0 Å². The van der Waals surface area contributed by atoms with Gasteiger partial charge in [-0.25, -0.2) is 0 Å². The number of amides is 2. The Labute approximate surface area is 148 Å². The second-order valence-electron chi connectivity index (χ2n) is 6.13. The zero-order chi connectivity index (χ0) is 18.2. The molecular formula is C20H25N3O2. The Hall–Kier alpha value is -2.66. The predicted octanol–water partition coefficient (Wildman–Crippen LogP) is 2.99. The molecule has 0 radical (unpaired) electrons. The van der Waals surface area contributed by atoms with Gasteiger partial charge < -0.3 is 11.1 Å². The average Bonchev–Trinajstić information content (AvgIpc) is 2.62. The first kappa shape index (κ1) is 18.7. The van der Waals surface area contributed by atoms with E-state index in [1.54, 1.807) is 0 Å². The van der Waals surface area contributed by atoms with Crippen molar-refractivity contribution in [2.75, 3.05) is 5.32 Å². The topological polar surface area (TPSA) is 84.2 Å². The maximum absolute atomic E-state index is 12.0. The van der Waals surface area contributed by atoms with Crippen LogP contribution in [0, 0.1) is 5.92 Å². The number of rotatable bonds is 8. The van der Waals surface area contributed by atoms with Gasteiger partial charge in [0.2, 0.25) is 11.8 Å². The maximum Gasteiger partial charge on any atom is 0.239 e. The van der Waals surface area contributed by atoms with Gasteiger partial charge in [0.05, 0.1) is 0 Å². The van der Waals surface area contributed by atoms with Gasteiger partial charge in [-0.15, -0.1) is 0 Å². The van der Waals surface area contributed by atoms with Crippen LogP contribution in [-0.4, -0.2) is 11.8 Å². The van der Waals surface area contributed by atoms with Crippen molar-refractivity contribution in [3.05, 3.63) is 65.7 Å². The van der Waals surface area contributed by atoms with Crippen LogP contribution in [0.4, 0.5) is 5.69 Å². The maximum atomic E-state index is 12.0. The fourth-order valence-corrected chi connectivity index (χ4v) is 2.46. The van der Waals surface area contributed by atoms with Crippen molar-refractivity contribution in [1.29, 1.82) is 0 Å². The molecule has 0 heterocycles. The SMILES string of the molecule is CCC(C)C(=O)Nc1cccc(CNC(C(N)=O)c2ccccc2)c1. The summed E-state index contributed by atoms with van der Waals surface area (Å²) in [5, 5.41) is 6.10. The van der Waals surface area contributed by atoms with E-state index in [2.05, 4.69) is 10.6 Å². The Morgan fingerprint density at radius 1 is 1.08 bits per heavy atom. The molecule has 2 rings (SSSR count). The molecule has 0 saturated carbocycles. The lowest BCUT2D eigenvalue weighted by molar-refractivity contribution is -0.120. The Kier molecular flexibility index (Phi) is 6.71. The number of hydrogen-bond donors (Lipinski definition) is 3. The summed E-state index contributed by atoms with van der Waals surface area (Å²) in [5.74, 6) is -0.446. The zero-order valence-electron chi connectivity index (χ0n) is 14.7. The summed E-state index contributed by atoms with van der Waals surface area (Å²) in [7, 11) is 0. The van der Waals surface area contributed by atoms with Gasteiger partial charge >= 0.3 is 0 Å². The summed E-state index contributed by atoms with van der Waals surface area (Å²) in [6.45, 7) is 4.35. The standard InChI is InChI=1S/C20H25N3O2/c1-3-14(2)20(25)23-17-11-7-8-15(12-17)13-22-18(19(21)24)16-9-5-4-6-10-16/h4-12,14,18,22H,3,13H2,1-2H3,(H2,21,24)(H,23,25). The quantitative estimate of drug-likeness (QED) is 0.691. The first-order chi connectivity index (χ1) is 12.0. The third-order valence-electron chi connectivity index (χ3n) is 4.18. The highest BCUT2D eigenvalue weighted by molar-refractivity contribution is 5.92. The molecule has 0 aromatic heterocycles. The molecule has 5 heteroatoms. The molecule has 0 fully saturated rings. The predicted molar refractivity (Wildman–Crippen MR) is 99.7 cm³/mol. The molecule has 2 atom stereocenters. The van der Waals surface area contributed by atoms with E-state index in [0.29, 0.717) is 6.54 Å². The molecule has 2 amide bonds. The van der Waals surface area contributed by atoms with Crippen LogP contribution in [0.5, 0.6) is 0 Å². The molecule has 2 unspecified atom stereocenters. The van der Waals surface area contributed by atoms with Gasteiger partial charge in [-0.1, -0.05) is 56.3 Å². The van der Waals surface area contributed by atoms with E-state index in [1.807, 2.05) is 68.4 Å². The van der Waals surface area contributed by atoms with Crippen molar-refractivity contribution in [3.63, 3.8) is 0 Å². The molecule has 2 aromatic rings. The smallest absolute Gasteiger partial charge is 0.239 e. The zero-order valence-corrected chi connectivity index (χ0v) is 14.7. The molecule has 132 valence electrons. The highest BCUT2D eigenvalue weighted by Gasteiger charge is 2.17. The number of carbonyl (C=O) groups is 2. The van der Waals surface area contributed by atoms with Gasteiger partial charge in [-0.05, 0) is 29.7 Å². The van der Waals surface area contributed by atoms with E-state index in [-0.39, 0.29) is 11.8 Å². The van der Waals surface area contributed by atoms with Gasteiger partial charge in [-0.3, -0.25) is 14.9 Å². The van der Waals surface area contributed by atoms with Crippen molar-refractivity contribution < 1.29 is 9.59 Å². The summed E-state index contributed by atoms with van der Waals surface area (Å²) < 4.78 is 0. The molecule has 0 aliphatic heterocycles.